The fourth-order valence-electron chi connectivity index (χ4n) is 4.31. The normalized spacial score (nSPS) is 16.4. The molecule has 0 unspecified atom stereocenters. The van der Waals surface area contributed by atoms with Crippen LogP contribution in [0.25, 0.3) is 20.2 Å². The zero-order valence-corrected chi connectivity index (χ0v) is 15.9. The Kier molecular flexibility index (Phi) is 5.02. The number of fused-ring (bicyclic) bond motifs is 2. The molecule has 5 rings (SSSR count). The Morgan fingerprint density at radius 2 is 1.82 bits per heavy atom. The van der Waals surface area contributed by atoms with E-state index in [1.54, 1.807) is 17.4 Å². The molecule has 0 N–H and O–H groups in total. The van der Waals surface area contributed by atoms with Crippen LogP contribution >= 0.6 is 11.3 Å². The van der Waals surface area contributed by atoms with E-state index in [0.717, 1.165) is 47.3 Å². The van der Waals surface area contributed by atoms with Crippen molar-refractivity contribution in [1.82, 2.24) is 4.90 Å². The van der Waals surface area contributed by atoms with E-state index in [9.17, 15) is 9.59 Å². The number of amidine groups is 1. The summed E-state index contributed by atoms with van der Waals surface area (Å²) in [5.74, 6) is 1.42. The number of rotatable bonds is 3. The average molecular weight is 394 g/mol. The van der Waals surface area contributed by atoms with Crippen LogP contribution in [-0.4, -0.2) is 47.3 Å². The Balaban J connectivity index is 0.00000192. The van der Waals surface area contributed by atoms with Crippen molar-refractivity contribution in [2.45, 2.75) is 26.7 Å². The maximum absolute atomic E-state index is 12.9. The lowest BCUT2D eigenvalue weighted by atomic mass is 10.1. The number of Topliss-reactive ketones (excluding diaryl/α,β-unsaturated/α-hetero) is 1. The van der Waals surface area contributed by atoms with Crippen molar-refractivity contribution in [2.24, 2.45) is 0 Å². The van der Waals surface area contributed by atoms with Gasteiger partial charge in [0, 0.05) is 32.2 Å². The topological polar surface area (TPSA) is 40.4 Å². The SMILES string of the molecule is C.O=C(CN1CCC[N+]2=C1CCC2)c1ccc2sc3ccccc3c(=O)c2c1. The summed E-state index contributed by atoms with van der Waals surface area (Å²) < 4.78 is 4.34. The van der Waals surface area contributed by atoms with Crippen LogP contribution in [-0.2, 0) is 0 Å². The Morgan fingerprint density at radius 3 is 2.71 bits per heavy atom. The van der Waals surface area contributed by atoms with E-state index in [4.69, 9.17) is 0 Å². The molecule has 0 spiro atoms. The second-order valence-electron chi connectivity index (χ2n) is 7.34. The fourth-order valence-corrected chi connectivity index (χ4v) is 5.36. The van der Waals surface area contributed by atoms with Crippen molar-refractivity contribution in [3.63, 3.8) is 0 Å². The maximum atomic E-state index is 12.9. The van der Waals surface area contributed by atoms with E-state index >= 15 is 0 Å². The zero-order valence-electron chi connectivity index (χ0n) is 15.1. The summed E-state index contributed by atoms with van der Waals surface area (Å²) in [4.78, 5) is 28.1. The Bertz CT molecular complexity index is 1160. The lowest BCUT2D eigenvalue weighted by Gasteiger charge is -2.23. The molecule has 2 aliphatic heterocycles. The monoisotopic (exact) mass is 393 g/mol. The molecule has 0 bridgehead atoms. The van der Waals surface area contributed by atoms with Gasteiger partial charge in [-0.1, -0.05) is 19.6 Å². The molecule has 0 radical (unpaired) electrons. The number of nitrogens with zero attached hydrogens (tertiary/aromatic N) is 2. The Hall–Kier alpha value is -2.53. The molecule has 0 saturated heterocycles. The first-order chi connectivity index (χ1) is 13.2. The van der Waals surface area contributed by atoms with Crippen LogP contribution in [0.3, 0.4) is 0 Å². The molecule has 0 atom stereocenters. The summed E-state index contributed by atoms with van der Waals surface area (Å²) in [6, 6.07) is 13.3. The third-order valence-corrected chi connectivity index (χ3v) is 6.80. The maximum Gasteiger partial charge on any atom is 0.247 e. The van der Waals surface area contributed by atoms with E-state index in [2.05, 4.69) is 9.48 Å². The lowest BCUT2D eigenvalue weighted by molar-refractivity contribution is -0.529. The molecule has 0 fully saturated rings. The van der Waals surface area contributed by atoms with Crippen LogP contribution < -0.4 is 5.43 Å². The predicted octanol–water partition coefficient (Wildman–Crippen LogP) is 4.14. The molecule has 2 aromatic carbocycles. The first-order valence-electron chi connectivity index (χ1n) is 9.55. The van der Waals surface area contributed by atoms with Gasteiger partial charge in [0.2, 0.25) is 11.6 Å². The number of hydrogen-bond acceptors (Lipinski definition) is 4. The summed E-state index contributed by atoms with van der Waals surface area (Å²) in [5.41, 5.74) is 0.654. The van der Waals surface area contributed by atoms with Crippen molar-refractivity contribution < 1.29 is 9.37 Å². The van der Waals surface area contributed by atoms with Gasteiger partial charge in [-0.15, -0.1) is 11.3 Å². The Morgan fingerprint density at radius 1 is 1.04 bits per heavy atom. The van der Waals surface area contributed by atoms with Crippen molar-refractivity contribution in [2.75, 3.05) is 26.2 Å². The van der Waals surface area contributed by atoms with Crippen LogP contribution in [0.15, 0.2) is 47.3 Å². The van der Waals surface area contributed by atoms with Crippen molar-refractivity contribution in [3.05, 3.63) is 58.3 Å². The van der Waals surface area contributed by atoms with Gasteiger partial charge in [-0.3, -0.25) is 19.1 Å². The third kappa shape index (κ3) is 3.14. The highest BCUT2D eigenvalue weighted by Gasteiger charge is 2.32. The molecule has 5 heteroatoms. The van der Waals surface area contributed by atoms with Crippen molar-refractivity contribution in [1.29, 1.82) is 0 Å². The molecule has 0 amide bonds. The molecular formula is C23H25N2O2S+. The van der Waals surface area contributed by atoms with Gasteiger partial charge < -0.3 is 0 Å². The first kappa shape index (κ1) is 18.8. The standard InChI is InChI=1S/C22H21N2O2S.CH4/c25-18(14-24-12-4-11-23-10-3-7-21(23)24)15-8-9-20-17(13-15)22(26)16-5-1-2-6-19(16)27-20;/h1-2,5-6,8-9,13H,3-4,7,10-12,14H2;1H4/q+1;. The molecule has 144 valence electrons. The van der Waals surface area contributed by atoms with Gasteiger partial charge in [-0.2, -0.15) is 0 Å². The highest BCUT2D eigenvalue weighted by molar-refractivity contribution is 7.24. The summed E-state index contributed by atoms with van der Waals surface area (Å²) >= 11 is 1.60. The highest BCUT2D eigenvalue weighted by atomic mass is 32.1. The quantitative estimate of drug-likeness (QED) is 0.381. The molecule has 4 nitrogen and oxygen atoms in total. The molecule has 3 aromatic rings. The van der Waals surface area contributed by atoms with Gasteiger partial charge in [-0.05, 0) is 36.8 Å². The summed E-state index contributed by atoms with van der Waals surface area (Å²) in [6.45, 7) is 3.58. The van der Waals surface area contributed by atoms with E-state index in [1.807, 2.05) is 36.4 Å². The number of hydrogen-bond donors (Lipinski definition) is 0. The molecule has 3 heterocycles. The zero-order chi connectivity index (χ0) is 18.4. The predicted molar refractivity (Wildman–Crippen MR) is 117 cm³/mol. The number of benzene rings is 2. The van der Waals surface area contributed by atoms with Gasteiger partial charge in [0.1, 0.15) is 6.54 Å². The van der Waals surface area contributed by atoms with Crippen LogP contribution in [0.1, 0.15) is 37.0 Å². The summed E-state index contributed by atoms with van der Waals surface area (Å²) in [5, 5.41) is 1.38. The third-order valence-electron chi connectivity index (χ3n) is 5.65. The largest absolute Gasteiger partial charge is 0.290 e. The molecular weight excluding hydrogens is 368 g/mol. The first-order valence-corrected chi connectivity index (χ1v) is 10.4. The number of carbonyl (C=O) groups excluding carboxylic acids is 1. The van der Waals surface area contributed by atoms with Crippen molar-refractivity contribution >= 4 is 43.1 Å². The minimum absolute atomic E-state index is 0. The summed E-state index contributed by atoms with van der Waals surface area (Å²) in [7, 11) is 0. The summed E-state index contributed by atoms with van der Waals surface area (Å²) in [6.07, 6.45) is 3.36. The van der Waals surface area contributed by atoms with Gasteiger partial charge in [0.05, 0.1) is 26.1 Å². The lowest BCUT2D eigenvalue weighted by Crippen LogP contribution is -2.43. The minimum atomic E-state index is 0. The van der Waals surface area contributed by atoms with E-state index in [0.29, 0.717) is 17.5 Å². The van der Waals surface area contributed by atoms with Gasteiger partial charge >= 0.3 is 0 Å². The Labute approximate surface area is 168 Å². The average Bonchev–Trinajstić information content (AvgIpc) is 3.18. The number of carbonyl (C=O) groups is 1. The fraction of sp³-hybridized carbons (Fsp3) is 0.348. The smallest absolute Gasteiger partial charge is 0.247 e. The number of ketones is 1. The minimum Gasteiger partial charge on any atom is -0.290 e. The van der Waals surface area contributed by atoms with Crippen LogP contribution in [0, 0.1) is 0 Å². The second-order valence-corrected chi connectivity index (χ2v) is 8.43. The molecule has 1 aromatic heterocycles. The second kappa shape index (κ2) is 7.47. The highest BCUT2D eigenvalue weighted by Crippen LogP contribution is 2.25. The molecule has 0 saturated carbocycles. The van der Waals surface area contributed by atoms with E-state index in [-0.39, 0.29) is 18.6 Å². The molecule has 2 aliphatic rings. The van der Waals surface area contributed by atoms with Gasteiger partial charge in [0.25, 0.3) is 0 Å². The molecule has 28 heavy (non-hydrogen) atoms. The van der Waals surface area contributed by atoms with Crippen molar-refractivity contribution in [3.8, 4) is 0 Å². The van der Waals surface area contributed by atoms with Gasteiger partial charge in [-0.25, -0.2) is 0 Å². The molecule has 0 aliphatic carbocycles. The van der Waals surface area contributed by atoms with E-state index < -0.39 is 0 Å². The van der Waals surface area contributed by atoms with Crippen LogP contribution in [0.5, 0.6) is 0 Å². The van der Waals surface area contributed by atoms with Crippen LogP contribution in [0.2, 0.25) is 0 Å². The van der Waals surface area contributed by atoms with E-state index in [1.165, 1.54) is 12.3 Å². The van der Waals surface area contributed by atoms with Gasteiger partial charge in [0.15, 0.2) is 5.43 Å². The van der Waals surface area contributed by atoms with Crippen LogP contribution in [0.4, 0.5) is 0 Å².